The van der Waals surface area contributed by atoms with Gasteiger partial charge in [-0.1, -0.05) is 54.1 Å². The van der Waals surface area contributed by atoms with Crippen LogP contribution in [0.4, 0.5) is 10.5 Å². The van der Waals surface area contributed by atoms with E-state index in [4.69, 9.17) is 16.3 Å². The van der Waals surface area contributed by atoms with Gasteiger partial charge in [0.15, 0.2) is 5.75 Å². The van der Waals surface area contributed by atoms with Crippen LogP contribution in [-0.2, 0) is 0 Å². The first-order valence-electron chi connectivity index (χ1n) is 7.88. The van der Waals surface area contributed by atoms with Crippen LogP contribution in [0.2, 0.25) is 5.02 Å². The summed E-state index contributed by atoms with van der Waals surface area (Å²) in [6, 6.07) is 23.1. The average Bonchev–Trinajstić information content (AvgIpc) is 2.66. The lowest BCUT2D eigenvalue weighted by Crippen LogP contribution is -2.24. The fourth-order valence-electron chi connectivity index (χ4n) is 2.14. The third-order valence-corrected chi connectivity index (χ3v) is 3.61. The molecule has 0 unspecified atom stereocenters. The number of hydrazone groups is 1. The SMILES string of the molecule is O=C(N/N=C/c1ccc(Cl)cc1)Nc1ccccc1Oc1ccccc1. The number of amides is 2. The van der Waals surface area contributed by atoms with E-state index >= 15 is 0 Å². The summed E-state index contributed by atoms with van der Waals surface area (Å²) in [4.78, 5) is 12.0. The van der Waals surface area contributed by atoms with Crippen molar-refractivity contribution in [3.05, 3.63) is 89.4 Å². The van der Waals surface area contributed by atoms with E-state index in [0.717, 1.165) is 5.56 Å². The van der Waals surface area contributed by atoms with Gasteiger partial charge in [0.1, 0.15) is 5.75 Å². The summed E-state index contributed by atoms with van der Waals surface area (Å²) in [6.45, 7) is 0. The van der Waals surface area contributed by atoms with Gasteiger partial charge >= 0.3 is 6.03 Å². The zero-order chi connectivity index (χ0) is 18.2. The van der Waals surface area contributed by atoms with E-state index in [1.165, 1.54) is 6.21 Å². The second-order valence-corrected chi connectivity index (χ2v) is 5.72. The van der Waals surface area contributed by atoms with E-state index < -0.39 is 6.03 Å². The first kappa shape index (κ1) is 17.5. The smallest absolute Gasteiger partial charge is 0.339 e. The zero-order valence-electron chi connectivity index (χ0n) is 13.7. The Balaban J connectivity index is 1.61. The van der Waals surface area contributed by atoms with Gasteiger partial charge in [-0.2, -0.15) is 5.10 Å². The Hall–Kier alpha value is -3.31. The van der Waals surface area contributed by atoms with Gasteiger partial charge in [-0.3, -0.25) is 0 Å². The van der Waals surface area contributed by atoms with Crippen LogP contribution in [0.15, 0.2) is 84.0 Å². The largest absolute Gasteiger partial charge is 0.455 e. The molecule has 0 saturated carbocycles. The van der Waals surface area contributed by atoms with Crippen LogP contribution >= 0.6 is 11.6 Å². The van der Waals surface area contributed by atoms with E-state index in [1.54, 1.807) is 36.4 Å². The molecule has 3 aromatic carbocycles. The Bertz CT molecular complexity index is 896. The summed E-state index contributed by atoms with van der Waals surface area (Å²) >= 11 is 5.82. The van der Waals surface area contributed by atoms with Crippen molar-refractivity contribution >= 4 is 29.5 Å². The van der Waals surface area contributed by atoms with Gasteiger partial charge in [0.2, 0.25) is 0 Å². The van der Waals surface area contributed by atoms with Crippen LogP contribution in [0.3, 0.4) is 0 Å². The molecule has 0 bridgehead atoms. The number of carbonyl (C=O) groups excluding carboxylic acids is 1. The molecule has 3 aromatic rings. The zero-order valence-corrected chi connectivity index (χ0v) is 14.5. The lowest BCUT2D eigenvalue weighted by Gasteiger charge is -2.11. The number of nitrogens with zero attached hydrogens (tertiary/aromatic N) is 1. The molecule has 0 heterocycles. The van der Waals surface area contributed by atoms with Crippen molar-refractivity contribution < 1.29 is 9.53 Å². The molecule has 0 aliphatic rings. The van der Waals surface area contributed by atoms with Gasteiger partial charge in [0.05, 0.1) is 11.9 Å². The van der Waals surface area contributed by atoms with Crippen molar-refractivity contribution in [2.75, 3.05) is 5.32 Å². The molecule has 6 heteroatoms. The summed E-state index contributed by atoms with van der Waals surface area (Å²) in [5.74, 6) is 1.22. The van der Waals surface area contributed by atoms with Crippen LogP contribution in [0.25, 0.3) is 0 Å². The monoisotopic (exact) mass is 365 g/mol. The summed E-state index contributed by atoms with van der Waals surface area (Å²) in [7, 11) is 0. The maximum Gasteiger partial charge on any atom is 0.339 e. The number of carbonyl (C=O) groups is 1. The molecular weight excluding hydrogens is 350 g/mol. The van der Waals surface area contributed by atoms with Crippen LogP contribution < -0.4 is 15.5 Å². The summed E-state index contributed by atoms with van der Waals surface area (Å²) in [6.07, 6.45) is 1.53. The number of nitrogens with one attached hydrogen (secondary N) is 2. The van der Waals surface area contributed by atoms with Crippen molar-refractivity contribution in [3.8, 4) is 11.5 Å². The van der Waals surface area contributed by atoms with Gasteiger partial charge in [0, 0.05) is 5.02 Å². The molecule has 2 amide bonds. The Labute approximate surface area is 156 Å². The molecule has 5 nitrogen and oxygen atoms in total. The van der Waals surface area contributed by atoms with Crippen molar-refractivity contribution in [2.24, 2.45) is 5.10 Å². The quantitative estimate of drug-likeness (QED) is 0.476. The predicted molar refractivity (Wildman–Crippen MR) is 104 cm³/mol. The van der Waals surface area contributed by atoms with Gasteiger partial charge in [0.25, 0.3) is 0 Å². The molecule has 0 atom stereocenters. The van der Waals surface area contributed by atoms with Gasteiger partial charge < -0.3 is 10.1 Å². The lowest BCUT2D eigenvalue weighted by atomic mass is 10.2. The molecule has 0 aromatic heterocycles. The van der Waals surface area contributed by atoms with Crippen LogP contribution in [-0.4, -0.2) is 12.2 Å². The van der Waals surface area contributed by atoms with Crippen molar-refractivity contribution in [1.29, 1.82) is 0 Å². The fraction of sp³-hybridized carbons (Fsp3) is 0. The van der Waals surface area contributed by atoms with Crippen LogP contribution in [0.1, 0.15) is 5.56 Å². The molecule has 3 rings (SSSR count). The molecule has 0 aliphatic heterocycles. The number of benzene rings is 3. The Morgan fingerprint density at radius 1 is 0.923 bits per heavy atom. The Morgan fingerprint density at radius 3 is 2.38 bits per heavy atom. The molecule has 2 N–H and O–H groups in total. The molecular formula is C20H16ClN3O2. The second-order valence-electron chi connectivity index (χ2n) is 5.29. The van der Waals surface area contributed by atoms with Gasteiger partial charge in [-0.15, -0.1) is 0 Å². The molecule has 0 saturated heterocycles. The topological polar surface area (TPSA) is 62.7 Å². The number of anilines is 1. The predicted octanol–water partition coefficient (Wildman–Crippen LogP) is 5.29. The Morgan fingerprint density at radius 2 is 1.62 bits per heavy atom. The molecule has 0 spiro atoms. The average molecular weight is 366 g/mol. The van der Waals surface area contributed by atoms with E-state index in [0.29, 0.717) is 22.2 Å². The van der Waals surface area contributed by atoms with Crippen molar-refractivity contribution in [2.45, 2.75) is 0 Å². The number of halogens is 1. The van der Waals surface area contributed by atoms with E-state index in [1.807, 2.05) is 42.5 Å². The first-order chi connectivity index (χ1) is 12.7. The number of hydrogen-bond donors (Lipinski definition) is 2. The maximum absolute atomic E-state index is 12.0. The first-order valence-corrected chi connectivity index (χ1v) is 8.26. The maximum atomic E-state index is 12.0. The highest BCUT2D eigenvalue weighted by Gasteiger charge is 2.07. The minimum absolute atomic E-state index is 0.473. The van der Waals surface area contributed by atoms with E-state index in [-0.39, 0.29) is 0 Å². The highest BCUT2D eigenvalue weighted by atomic mass is 35.5. The van der Waals surface area contributed by atoms with E-state index in [2.05, 4.69) is 15.8 Å². The summed E-state index contributed by atoms with van der Waals surface area (Å²) in [5.41, 5.74) is 3.78. The molecule has 26 heavy (non-hydrogen) atoms. The third-order valence-electron chi connectivity index (χ3n) is 3.36. The molecule has 130 valence electrons. The Kier molecular flexibility index (Phi) is 5.85. The van der Waals surface area contributed by atoms with Crippen LogP contribution in [0.5, 0.6) is 11.5 Å². The lowest BCUT2D eigenvalue weighted by molar-refractivity contribution is 0.252. The molecule has 0 fully saturated rings. The fourth-order valence-corrected chi connectivity index (χ4v) is 2.26. The highest BCUT2D eigenvalue weighted by Crippen LogP contribution is 2.28. The second kappa shape index (κ2) is 8.69. The van der Waals surface area contributed by atoms with Crippen molar-refractivity contribution in [1.82, 2.24) is 5.43 Å². The normalized spacial score (nSPS) is 10.5. The minimum atomic E-state index is -0.473. The third kappa shape index (κ3) is 5.09. The summed E-state index contributed by atoms with van der Waals surface area (Å²) < 4.78 is 5.80. The number of hydrogen-bond acceptors (Lipinski definition) is 3. The number of rotatable bonds is 5. The van der Waals surface area contributed by atoms with Gasteiger partial charge in [-0.25, -0.2) is 10.2 Å². The highest BCUT2D eigenvalue weighted by molar-refractivity contribution is 6.30. The van der Waals surface area contributed by atoms with Gasteiger partial charge in [-0.05, 0) is 42.0 Å². The minimum Gasteiger partial charge on any atom is -0.455 e. The standard InChI is InChI=1S/C20H16ClN3O2/c21-16-12-10-15(11-13-16)14-22-24-20(25)23-18-8-4-5-9-19(18)26-17-6-2-1-3-7-17/h1-14H,(H2,23,24,25)/b22-14+. The molecule has 0 aliphatic carbocycles. The summed E-state index contributed by atoms with van der Waals surface area (Å²) in [5, 5.41) is 7.27. The molecule has 0 radical (unpaired) electrons. The number of urea groups is 1. The van der Waals surface area contributed by atoms with Crippen LogP contribution in [0, 0.1) is 0 Å². The number of ether oxygens (including phenoxy) is 1. The number of para-hydroxylation sites is 3. The van der Waals surface area contributed by atoms with E-state index in [9.17, 15) is 4.79 Å². The van der Waals surface area contributed by atoms with Crippen molar-refractivity contribution in [3.63, 3.8) is 0 Å².